The van der Waals surface area contributed by atoms with Gasteiger partial charge in [0.2, 0.25) is 17.7 Å². The Bertz CT molecular complexity index is 944. The first kappa shape index (κ1) is 20.4. The normalized spacial score (nSPS) is 16.8. The van der Waals surface area contributed by atoms with Gasteiger partial charge < -0.3 is 15.5 Å². The average molecular weight is 401 g/mol. The molecule has 0 bridgehead atoms. The van der Waals surface area contributed by atoms with E-state index in [0.29, 0.717) is 12.6 Å². The highest BCUT2D eigenvalue weighted by molar-refractivity contribution is 5.93. The molecule has 0 aliphatic carbocycles. The van der Waals surface area contributed by atoms with E-state index >= 15 is 0 Å². The van der Waals surface area contributed by atoms with Crippen LogP contribution in [0, 0.1) is 11.6 Å². The number of fused-ring (bicyclic) bond motifs is 1. The van der Waals surface area contributed by atoms with Gasteiger partial charge in [0.05, 0.1) is 6.42 Å². The van der Waals surface area contributed by atoms with Crippen LogP contribution in [-0.4, -0.2) is 35.7 Å². The molecule has 1 aliphatic rings. The Morgan fingerprint density at radius 1 is 1.17 bits per heavy atom. The number of likely N-dealkylation sites (N-methyl/N-ethyl adjacent to an activating group) is 1. The molecule has 0 radical (unpaired) electrons. The molecule has 3 rings (SSSR count). The zero-order valence-electron chi connectivity index (χ0n) is 16.0. The number of carbonyl (C=O) groups excluding carboxylic acids is 3. The summed E-state index contributed by atoms with van der Waals surface area (Å²) in [7, 11) is 1.65. The Balaban J connectivity index is 1.64. The van der Waals surface area contributed by atoms with Gasteiger partial charge in [-0.3, -0.25) is 14.4 Å². The van der Waals surface area contributed by atoms with E-state index in [-0.39, 0.29) is 17.9 Å². The maximum Gasteiger partial charge on any atom is 0.249 e. The molecule has 1 aliphatic heterocycles. The van der Waals surface area contributed by atoms with Crippen molar-refractivity contribution in [1.82, 2.24) is 15.5 Å². The van der Waals surface area contributed by atoms with Crippen LogP contribution >= 0.6 is 0 Å². The lowest BCUT2D eigenvalue weighted by molar-refractivity contribution is -0.137. The van der Waals surface area contributed by atoms with E-state index in [1.165, 1.54) is 11.8 Å². The predicted octanol–water partition coefficient (Wildman–Crippen LogP) is 1.84. The lowest BCUT2D eigenvalue weighted by Gasteiger charge is -2.32. The number of nitrogens with zero attached hydrogens (tertiary/aromatic N) is 1. The smallest absolute Gasteiger partial charge is 0.249 e. The Hall–Kier alpha value is -3.29. The summed E-state index contributed by atoms with van der Waals surface area (Å²) in [5.41, 5.74) is 1.81. The molecular formula is C21H21F2N3O3. The first-order valence-corrected chi connectivity index (χ1v) is 9.12. The first-order valence-electron chi connectivity index (χ1n) is 9.12. The Morgan fingerprint density at radius 2 is 1.83 bits per heavy atom. The predicted molar refractivity (Wildman–Crippen MR) is 101 cm³/mol. The molecular weight excluding hydrogens is 380 g/mol. The van der Waals surface area contributed by atoms with Gasteiger partial charge in [-0.15, -0.1) is 0 Å². The summed E-state index contributed by atoms with van der Waals surface area (Å²) in [6, 6.07) is 8.38. The Kier molecular flexibility index (Phi) is 5.91. The average Bonchev–Trinajstić information content (AvgIpc) is 2.64. The van der Waals surface area contributed by atoms with Crippen molar-refractivity contribution in [3.8, 4) is 0 Å². The lowest BCUT2D eigenvalue weighted by atomic mass is 9.95. The van der Waals surface area contributed by atoms with Gasteiger partial charge in [-0.2, -0.15) is 0 Å². The molecule has 0 saturated carbocycles. The van der Waals surface area contributed by atoms with Crippen LogP contribution in [0.2, 0.25) is 0 Å². The number of hydrogen-bond acceptors (Lipinski definition) is 3. The first-order chi connectivity index (χ1) is 13.7. The van der Waals surface area contributed by atoms with E-state index < -0.39 is 35.5 Å². The van der Waals surface area contributed by atoms with Crippen LogP contribution in [0.25, 0.3) is 0 Å². The molecule has 3 amide bonds. The lowest BCUT2D eigenvalue weighted by Crippen LogP contribution is -2.50. The Labute approximate surface area is 166 Å². The zero-order chi connectivity index (χ0) is 21.1. The number of amides is 3. The largest absolute Gasteiger partial charge is 0.344 e. The van der Waals surface area contributed by atoms with E-state index in [1.807, 2.05) is 12.1 Å². The van der Waals surface area contributed by atoms with Crippen molar-refractivity contribution in [2.75, 3.05) is 7.05 Å². The number of hydrogen-bond donors (Lipinski definition) is 2. The minimum absolute atomic E-state index is 0.158. The van der Waals surface area contributed by atoms with Gasteiger partial charge in [0.25, 0.3) is 0 Å². The van der Waals surface area contributed by atoms with Crippen LogP contribution in [-0.2, 0) is 27.3 Å². The van der Waals surface area contributed by atoms with Crippen LogP contribution in [0.5, 0.6) is 0 Å². The molecule has 6 nitrogen and oxygen atoms in total. The molecule has 2 N–H and O–H groups in total. The number of rotatable bonds is 5. The van der Waals surface area contributed by atoms with Crippen LogP contribution in [0.1, 0.15) is 29.7 Å². The van der Waals surface area contributed by atoms with Crippen molar-refractivity contribution in [3.63, 3.8) is 0 Å². The topological polar surface area (TPSA) is 78.5 Å². The van der Waals surface area contributed by atoms with Crippen molar-refractivity contribution < 1.29 is 23.2 Å². The summed E-state index contributed by atoms with van der Waals surface area (Å²) in [5.74, 6) is -2.91. The van der Waals surface area contributed by atoms with E-state index in [1.54, 1.807) is 19.2 Å². The van der Waals surface area contributed by atoms with Crippen molar-refractivity contribution in [1.29, 1.82) is 0 Å². The summed E-state index contributed by atoms with van der Waals surface area (Å²) in [5, 5.41) is 5.16. The molecule has 0 spiro atoms. The standard InChI is InChI=1S/C21H21F2N3O3/c1-12(24-18(27)9-13-7-15(22)10-16(23)8-13)20(28)25-19-17-6-4-3-5-14(17)11-26(2)21(19)29/h3-8,10,12,19H,9,11H2,1-2H3,(H,24,27)(H,25,28). The van der Waals surface area contributed by atoms with E-state index in [0.717, 1.165) is 23.3 Å². The third-order valence-electron chi connectivity index (χ3n) is 4.74. The highest BCUT2D eigenvalue weighted by atomic mass is 19.1. The quantitative estimate of drug-likeness (QED) is 0.803. The molecule has 0 saturated heterocycles. The van der Waals surface area contributed by atoms with E-state index in [2.05, 4.69) is 10.6 Å². The maximum atomic E-state index is 13.2. The van der Waals surface area contributed by atoms with Crippen LogP contribution in [0.3, 0.4) is 0 Å². The fraction of sp³-hybridized carbons (Fsp3) is 0.286. The van der Waals surface area contributed by atoms with Gasteiger partial charge in [0.15, 0.2) is 0 Å². The fourth-order valence-corrected chi connectivity index (χ4v) is 3.31. The summed E-state index contributed by atoms with van der Waals surface area (Å²) in [4.78, 5) is 38.7. The SMILES string of the molecule is CC(NC(=O)Cc1cc(F)cc(F)c1)C(=O)NC1C(=O)N(C)Cc2ccccc21. The van der Waals surface area contributed by atoms with Gasteiger partial charge >= 0.3 is 0 Å². The van der Waals surface area contributed by atoms with Crippen molar-refractivity contribution >= 4 is 17.7 Å². The zero-order valence-corrected chi connectivity index (χ0v) is 16.0. The third kappa shape index (κ3) is 4.77. The van der Waals surface area contributed by atoms with Crippen LogP contribution in [0.4, 0.5) is 8.78 Å². The van der Waals surface area contributed by atoms with Gasteiger partial charge in [-0.1, -0.05) is 24.3 Å². The summed E-state index contributed by atoms with van der Waals surface area (Å²) < 4.78 is 26.5. The number of nitrogens with one attached hydrogen (secondary N) is 2. The fourth-order valence-electron chi connectivity index (χ4n) is 3.31. The van der Waals surface area contributed by atoms with Crippen molar-refractivity contribution in [2.45, 2.75) is 32.0 Å². The summed E-state index contributed by atoms with van der Waals surface area (Å²) in [6.07, 6.45) is -0.278. The van der Waals surface area contributed by atoms with E-state index in [9.17, 15) is 23.2 Å². The molecule has 2 aromatic carbocycles. The van der Waals surface area contributed by atoms with Crippen molar-refractivity contribution in [3.05, 3.63) is 70.8 Å². The van der Waals surface area contributed by atoms with E-state index in [4.69, 9.17) is 0 Å². The van der Waals surface area contributed by atoms with Crippen LogP contribution < -0.4 is 10.6 Å². The molecule has 0 aromatic heterocycles. The highest BCUT2D eigenvalue weighted by Crippen LogP contribution is 2.26. The molecule has 0 fully saturated rings. The molecule has 2 unspecified atom stereocenters. The molecule has 29 heavy (non-hydrogen) atoms. The second-order valence-electron chi connectivity index (χ2n) is 7.08. The number of halogens is 2. The highest BCUT2D eigenvalue weighted by Gasteiger charge is 2.33. The van der Waals surface area contributed by atoms with Gasteiger partial charge in [-0.25, -0.2) is 8.78 Å². The molecule has 8 heteroatoms. The molecule has 2 atom stereocenters. The molecule has 1 heterocycles. The number of carbonyl (C=O) groups is 3. The van der Waals surface area contributed by atoms with Gasteiger partial charge in [0.1, 0.15) is 23.7 Å². The van der Waals surface area contributed by atoms with Crippen molar-refractivity contribution in [2.24, 2.45) is 0 Å². The monoisotopic (exact) mass is 401 g/mol. The second kappa shape index (κ2) is 8.38. The van der Waals surface area contributed by atoms with Gasteiger partial charge in [0, 0.05) is 19.7 Å². The minimum Gasteiger partial charge on any atom is -0.344 e. The maximum absolute atomic E-state index is 13.2. The third-order valence-corrected chi connectivity index (χ3v) is 4.74. The summed E-state index contributed by atoms with van der Waals surface area (Å²) in [6.45, 7) is 1.93. The minimum atomic E-state index is -0.937. The Morgan fingerprint density at radius 3 is 2.52 bits per heavy atom. The summed E-state index contributed by atoms with van der Waals surface area (Å²) >= 11 is 0. The molecule has 2 aromatic rings. The molecule has 152 valence electrons. The number of benzene rings is 2. The van der Waals surface area contributed by atoms with Crippen LogP contribution in [0.15, 0.2) is 42.5 Å². The second-order valence-corrected chi connectivity index (χ2v) is 7.08. The van der Waals surface area contributed by atoms with Gasteiger partial charge in [-0.05, 0) is 35.7 Å².